The van der Waals surface area contributed by atoms with Gasteiger partial charge in [-0.1, -0.05) is 30.3 Å². The third-order valence-corrected chi connectivity index (χ3v) is 5.82. The van der Waals surface area contributed by atoms with Gasteiger partial charge >= 0.3 is 0 Å². The van der Waals surface area contributed by atoms with E-state index in [9.17, 15) is 4.79 Å². The summed E-state index contributed by atoms with van der Waals surface area (Å²) in [7, 11) is 1.80. The molecule has 2 aromatic heterocycles. The SMILES string of the molecule is CCOc1cccc([C@@H]2c3[nH]c4ccccc4c3CCN2C(=O)c2ccnn2C)c1. The molecule has 1 aliphatic rings. The molecule has 1 N–H and O–H groups in total. The van der Waals surface area contributed by atoms with Gasteiger partial charge in [0.15, 0.2) is 0 Å². The molecule has 1 amide bonds. The Morgan fingerprint density at radius 1 is 1.20 bits per heavy atom. The Kier molecular flexibility index (Phi) is 4.54. The van der Waals surface area contributed by atoms with E-state index in [1.165, 1.54) is 10.9 Å². The summed E-state index contributed by atoms with van der Waals surface area (Å²) < 4.78 is 7.38. The number of amides is 1. The molecule has 6 nitrogen and oxygen atoms in total. The summed E-state index contributed by atoms with van der Waals surface area (Å²) in [6.45, 7) is 3.22. The second kappa shape index (κ2) is 7.37. The quantitative estimate of drug-likeness (QED) is 0.561. The van der Waals surface area contributed by atoms with Crippen LogP contribution in [0.5, 0.6) is 5.75 Å². The van der Waals surface area contributed by atoms with Crippen LogP contribution in [0.15, 0.2) is 60.8 Å². The minimum absolute atomic E-state index is 0.0221. The second-order valence-electron chi connectivity index (χ2n) is 7.56. The molecule has 3 heterocycles. The van der Waals surface area contributed by atoms with E-state index >= 15 is 0 Å². The third-order valence-electron chi connectivity index (χ3n) is 5.82. The first kappa shape index (κ1) is 18.5. The smallest absolute Gasteiger partial charge is 0.272 e. The lowest BCUT2D eigenvalue weighted by Gasteiger charge is -2.36. The van der Waals surface area contributed by atoms with Crippen molar-refractivity contribution in [2.45, 2.75) is 19.4 Å². The molecule has 5 rings (SSSR count). The molecule has 1 atom stereocenters. The largest absolute Gasteiger partial charge is 0.494 e. The summed E-state index contributed by atoms with van der Waals surface area (Å²) in [5, 5.41) is 5.42. The van der Waals surface area contributed by atoms with Gasteiger partial charge in [-0.15, -0.1) is 0 Å². The fourth-order valence-electron chi connectivity index (χ4n) is 4.48. The van der Waals surface area contributed by atoms with Gasteiger partial charge in [-0.25, -0.2) is 0 Å². The molecule has 0 fully saturated rings. The summed E-state index contributed by atoms with van der Waals surface area (Å²) in [5.74, 6) is 0.789. The zero-order valence-electron chi connectivity index (χ0n) is 17.1. The average Bonchev–Trinajstić information content (AvgIpc) is 3.36. The van der Waals surface area contributed by atoms with Crippen LogP contribution in [-0.4, -0.2) is 38.7 Å². The van der Waals surface area contributed by atoms with Gasteiger partial charge in [-0.2, -0.15) is 5.10 Å². The van der Waals surface area contributed by atoms with Crippen LogP contribution in [0.1, 0.15) is 40.3 Å². The number of aromatic amines is 1. The van der Waals surface area contributed by atoms with E-state index in [1.54, 1.807) is 24.0 Å². The van der Waals surface area contributed by atoms with Crippen LogP contribution in [-0.2, 0) is 13.5 Å². The number of fused-ring (bicyclic) bond motifs is 3. The molecule has 152 valence electrons. The summed E-state index contributed by atoms with van der Waals surface area (Å²) in [5.41, 5.74) is 5.07. The average molecular weight is 400 g/mol. The van der Waals surface area contributed by atoms with Crippen molar-refractivity contribution in [2.24, 2.45) is 7.05 Å². The monoisotopic (exact) mass is 400 g/mol. The highest BCUT2D eigenvalue weighted by atomic mass is 16.5. The van der Waals surface area contributed by atoms with Gasteiger partial charge in [0, 0.05) is 36.4 Å². The maximum Gasteiger partial charge on any atom is 0.272 e. The number of hydrogen-bond donors (Lipinski definition) is 1. The van der Waals surface area contributed by atoms with Crippen molar-refractivity contribution in [3.05, 3.63) is 83.3 Å². The van der Waals surface area contributed by atoms with Crippen LogP contribution >= 0.6 is 0 Å². The van der Waals surface area contributed by atoms with Crippen molar-refractivity contribution >= 4 is 16.8 Å². The number of carbonyl (C=O) groups excluding carboxylic acids is 1. The van der Waals surface area contributed by atoms with Gasteiger partial charge in [-0.05, 0) is 48.7 Å². The van der Waals surface area contributed by atoms with Crippen LogP contribution in [0.2, 0.25) is 0 Å². The zero-order valence-corrected chi connectivity index (χ0v) is 17.1. The number of ether oxygens (including phenoxy) is 1. The van der Waals surface area contributed by atoms with Crippen molar-refractivity contribution in [2.75, 3.05) is 13.2 Å². The highest BCUT2D eigenvalue weighted by Gasteiger charge is 2.35. The van der Waals surface area contributed by atoms with Crippen LogP contribution in [0.4, 0.5) is 0 Å². The van der Waals surface area contributed by atoms with Gasteiger partial charge in [0.2, 0.25) is 0 Å². The van der Waals surface area contributed by atoms with Crippen LogP contribution in [0, 0.1) is 0 Å². The van der Waals surface area contributed by atoms with Gasteiger partial charge in [0.1, 0.15) is 11.4 Å². The number of nitrogens with one attached hydrogen (secondary N) is 1. The molecule has 0 bridgehead atoms. The number of para-hydroxylation sites is 1. The minimum atomic E-state index is -0.219. The Balaban J connectivity index is 1.67. The number of nitrogens with zero attached hydrogens (tertiary/aromatic N) is 3. The van der Waals surface area contributed by atoms with Gasteiger partial charge < -0.3 is 14.6 Å². The Labute approximate surface area is 175 Å². The lowest BCUT2D eigenvalue weighted by molar-refractivity contribution is 0.0680. The minimum Gasteiger partial charge on any atom is -0.494 e. The van der Waals surface area contributed by atoms with Gasteiger partial charge in [0.25, 0.3) is 5.91 Å². The molecule has 0 saturated heterocycles. The first-order chi connectivity index (χ1) is 14.7. The Morgan fingerprint density at radius 3 is 2.87 bits per heavy atom. The van der Waals surface area contributed by atoms with E-state index in [0.29, 0.717) is 18.8 Å². The van der Waals surface area contributed by atoms with Crippen molar-refractivity contribution in [1.29, 1.82) is 0 Å². The molecular weight excluding hydrogens is 376 g/mol. The van der Waals surface area contributed by atoms with Crippen molar-refractivity contribution in [3.63, 3.8) is 0 Å². The maximum atomic E-state index is 13.5. The van der Waals surface area contributed by atoms with Crippen molar-refractivity contribution < 1.29 is 9.53 Å². The summed E-state index contributed by atoms with van der Waals surface area (Å²) in [6.07, 6.45) is 2.47. The predicted octanol–water partition coefficient (Wildman–Crippen LogP) is 4.09. The number of aryl methyl sites for hydroxylation is 1. The van der Waals surface area contributed by atoms with Gasteiger partial charge in [0.05, 0.1) is 12.6 Å². The Bertz CT molecular complexity index is 1220. The van der Waals surface area contributed by atoms with Crippen LogP contribution in [0.3, 0.4) is 0 Å². The molecule has 0 aliphatic carbocycles. The number of benzene rings is 2. The van der Waals surface area contributed by atoms with Crippen molar-refractivity contribution in [3.8, 4) is 5.75 Å². The van der Waals surface area contributed by atoms with E-state index in [-0.39, 0.29) is 11.9 Å². The van der Waals surface area contributed by atoms with E-state index in [0.717, 1.165) is 28.9 Å². The zero-order chi connectivity index (χ0) is 20.7. The van der Waals surface area contributed by atoms with E-state index < -0.39 is 0 Å². The summed E-state index contributed by atoms with van der Waals surface area (Å²) in [4.78, 5) is 19.1. The molecule has 0 radical (unpaired) electrons. The molecule has 0 unspecified atom stereocenters. The Hall–Kier alpha value is -3.54. The summed E-state index contributed by atoms with van der Waals surface area (Å²) in [6, 6.07) is 17.9. The normalized spacial score (nSPS) is 15.9. The first-order valence-corrected chi connectivity index (χ1v) is 10.3. The first-order valence-electron chi connectivity index (χ1n) is 10.3. The maximum absolute atomic E-state index is 13.5. The highest BCUT2D eigenvalue weighted by molar-refractivity contribution is 5.94. The number of H-pyrrole nitrogens is 1. The number of aromatic nitrogens is 3. The number of hydrogen-bond acceptors (Lipinski definition) is 3. The number of rotatable bonds is 4. The fraction of sp³-hybridized carbons (Fsp3) is 0.250. The van der Waals surface area contributed by atoms with E-state index in [4.69, 9.17) is 4.74 Å². The van der Waals surface area contributed by atoms with E-state index in [1.807, 2.05) is 36.1 Å². The van der Waals surface area contributed by atoms with Crippen LogP contribution < -0.4 is 4.74 Å². The third kappa shape index (κ3) is 2.96. The molecule has 0 spiro atoms. The molecule has 1 aliphatic heterocycles. The van der Waals surface area contributed by atoms with Crippen LogP contribution in [0.25, 0.3) is 10.9 Å². The predicted molar refractivity (Wildman–Crippen MR) is 116 cm³/mol. The summed E-state index contributed by atoms with van der Waals surface area (Å²) >= 11 is 0. The standard InChI is InChI=1S/C24H24N4O2/c1-3-30-17-8-6-7-16(15-17)23-22-19(18-9-4-5-10-20(18)26-22)12-14-28(23)24(29)21-11-13-25-27(21)2/h4-11,13,15,23,26H,3,12,14H2,1-2H3/t23-/m1/s1. The molecule has 6 heteroatoms. The van der Waals surface area contributed by atoms with Gasteiger partial charge in [-0.3, -0.25) is 9.48 Å². The topological polar surface area (TPSA) is 63.1 Å². The molecular formula is C24H24N4O2. The second-order valence-corrected chi connectivity index (χ2v) is 7.56. The van der Waals surface area contributed by atoms with Crippen molar-refractivity contribution in [1.82, 2.24) is 19.7 Å². The fourth-order valence-corrected chi connectivity index (χ4v) is 4.48. The lowest BCUT2D eigenvalue weighted by atomic mass is 9.92. The Morgan fingerprint density at radius 2 is 2.07 bits per heavy atom. The molecule has 4 aromatic rings. The molecule has 30 heavy (non-hydrogen) atoms. The highest BCUT2D eigenvalue weighted by Crippen LogP contribution is 2.39. The molecule has 0 saturated carbocycles. The molecule has 2 aromatic carbocycles. The number of carbonyl (C=O) groups is 1. The van der Waals surface area contributed by atoms with E-state index in [2.05, 4.69) is 34.3 Å². The lowest BCUT2D eigenvalue weighted by Crippen LogP contribution is -2.41.